The smallest absolute Gasteiger partial charge is 0.0176 e. The molecule has 13 heavy (non-hydrogen) atoms. The van der Waals surface area contributed by atoms with E-state index in [0.717, 1.165) is 10.2 Å². The lowest BCUT2D eigenvalue weighted by molar-refractivity contribution is 1.02. The van der Waals surface area contributed by atoms with Crippen LogP contribution >= 0.6 is 27.7 Å². The van der Waals surface area contributed by atoms with Crippen LogP contribution in [0.15, 0.2) is 33.6 Å². The fourth-order valence-electron chi connectivity index (χ4n) is 0.697. The highest BCUT2D eigenvalue weighted by Gasteiger charge is 1.89. The topological polar surface area (TPSA) is 12.0 Å². The summed E-state index contributed by atoms with van der Waals surface area (Å²) in [6.45, 7) is 2.16. The minimum Gasteiger partial charge on any atom is -0.323 e. The Morgan fingerprint density at radius 2 is 1.69 bits per heavy atom. The molecule has 3 heteroatoms. The van der Waals surface area contributed by atoms with Crippen LogP contribution in [0.3, 0.4) is 0 Å². The fraction of sp³-hybridized carbons (Fsp3) is 0.400. The third-order valence-corrected chi connectivity index (χ3v) is 2.55. The number of halogens is 1. The van der Waals surface area contributed by atoms with Crippen molar-refractivity contribution in [2.24, 2.45) is 0 Å². The summed E-state index contributed by atoms with van der Waals surface area (Å²) in [5, 5.41) is 2.75. The SMILES string of the molecule is CCSc1ccc(Br)cc1.CNC. The number of hydrogen-bond acceptors (Lipinski definition) is 2. The maximum Gasteiger partial charge on any atom is 0.0176 e. The van der Waals surface area contributed by atoms with Crippen molar-refractivity contribution < 1.29 is 0 Å². The van der Waals surface area contributed by atoms with Gasteiger partial charge in [0.2, 0.25) is 0 Å². The second-order valence-electron chi connectivity index (χ2n) is 2.39. The highest BCUT2D eigenvalue weighted by atomic mass is 79.9. The van der Waals surface area contributed by atoms with Gasteiger partial charge in [-0.3, -0.25) is 0 Å². The van der Waals surface area contributed by atoms with Crippen molar-refractivity contribution in [2.45, 2.75) is 11.8 Å². The van der Waals surface area contributed by atoms with E-state index in [1.54, 1.807) is 0 Å². The predicted molar refractivity (Wildman–Crippen MR) is 65.5 cm³/mol. The van der Waals surface area contributed by atoms with Gasteiger partial charge in [-0.25, -0.2) is 0 Å². The lowest BCUT2D eigenvalue weighted by Crippen LogP contribution is -1.89. The molecule has 0 radical (unpaired) electrons. The Labute approximate surface area is 93.4 Å². The molecule has 0 fully saturated rings. The molecular formula is C10H16BrNS. The first kappa shape index (κ1) is 13.0. The second-order valence-corrected chi connectivity index (χ2v) is 4.64. The molecular weight excluding hydrogens is 246 g/mol. The van der Waals surface area contributed by atoms with E-state index in [-0.39, 0.29) is 0 Å². The van der Waals surface area contributed by atoms with Gasteiger partial charge < -0.3 is 5.32 Å². The molecule has 0 spiro atoms. The maximum atomic E-state index is 3.39. The molecule has 1 N–H and O–H groups in total. The molecule has 0 heterocycles. The molecule has 0 aliphatic carbocycles. The van der Waals surface area contributed by atoms with Crippen LogP contribution in [0.1, 0.15) is 6.92 Å². The molecule has 74 valence electrons. The Hall–Kier alpha value is 0.01000. The minimum atomic E-state index is 1.14. The molecule has 0 bridgehead atoms. The molecule has 1 nitrogen and oxygen atoms in total. The van der Waals surface area contributed by atoms with E-state index in [4.69, 9.17) is 0 Å². The summed E-state index contributed by atoms with van der Waals surface area (Å²) in [4.78, 5) is 1.34. The molecule has 1 aromatic carbocycles. The lowest BCUT2D eigenvalue weighted by Gasteiger charge is -1.96. The third kappa shape index (κ3) is 7.11. The van der Waals surface area contributed by atoms with Gasteiger partial charge in [-0.05, 0) is 44.1 Å². The largest absolute Gasteiger partial charge is 0.323 e. The first-order valence-electron chi connectivity index (χ1n) is 4.21. The summed E-state index contributed by atoms with van der Waals surface area (Å²) in [7, 11) is 3.75. The molecule has 0 aliphatic heterocycles. The van der Waals surface area contributed by atoms with Crippen LogP contribution < -0.4 is 5.32 Å². The summed E-state index contributed by atoms with van der Waals surface area (Å²) in [6, 6.07) is 8.38. The number of thioether (sulfide) groups is 1. The summed E-state index contributed by atoms with van der Waals surface area (Å²) >= 11 is 5.25. The molecule has 0 atom stereocenters. The standard InChI is InChI=1S/C8H9BrS.C2H7N/c1-2-10-8-5-3-7(9)4-6-8;1-3-2/h3-6H,2H2,1H3;3H,1-2H3. The highest BCUT2D eigenvalue weighted by molar-refractivity contribution is 9.10. The lowest BCUT2D eigenvalue weighted by atomic mass is 10.4. The van der Waals surface area contributed by atoms with Crippen molar-refractivity contribution in [1.29, 1.82) is 0 Å². The van der Waals surface area contributed by atoms with Crippen molar-refractivity contribution in [2.75, 3.05) is 19.8 Å². The summed E-state index contributed by atoms with van der Waals surface area (Å²) in [5.41, 5.74) is 0. The summed E-state index contributed by atoms with van der Waals surface area (Å²) in [6.07, 6.45) is 0. The highest BCUT2D eigenvalue weighted by Crippen LogP contribution is 2.19. The Bertz CT molecular complexity index is 211. The molecule has 1 rings (SSSR count). The Kier molecular flexibility index (Phi) is 8.61. The Morgan fingerprint density at radius 3 is 2.08 bits per heavy atom. The molecule has 0 aromatic heterocycles. The number of nitrogens with one attached hydrogen (secondary N) is 1. The van der Waals surface area contributed by atoms with Crippen molar-refractivity contribution in [3.8, 4) is 0 Å². The Morgan fingerprint density at radius 1 is 1.23 bits per heavy atom. The number of benzene rings is 1. The molecule has 0 unspecified atom stereocenters. The molecule has 0 saturated carbocycles. The zero-order valence-electron chi connectivity index (χ0n) is 8.30. The summed E-state index contributed by atoms with van der Waals surface area (Å²) in [5.74, 6) is 1.14. The molecule has 1 aromatic rings. The monoisotopic (exact) mass is 261 g/mol. The third-order valence-electron chi connectivity index (χ3n) is 1.12. The fourth-order valence-corrected chi connectivity index (χ4v) is 1.62. The average Bonchev–Trinajstić information content (AvgIpc) is 2.11. The van der Waals surface area contributed by atoms with E-state index in [1.807, 2.05) is 25.9 Å². The maximum absolute atomic E-state index is 3.39. The van der Waals surface area contributed by atoms with Gasteiger partial charge in [-0.1, -0.05) is 22.9 Å². The first-order valence-corrected chi connectivity index (χ1v) is 5.99. The number of hydrogen-bond donors (Lipinski definition) is 1. The van der Waals surface area contributed by atoms with Crippen LogP contribution in [0.5, 0.6) is 0 Å². The van der Waals surface area contributed by atoms with Gasteiger partial charge >= 0.3 is 0 Å². The van der Waals surface area contributed by atoms with E-state index >= 15 is 0 Å². The zero-order valence-corrected chi connectivity index (χ0v) is 10.7. The Balaban J connectivity index is 0.000000424. The zero-order chi connectivity index (χ0) is 10.1. The van der Waals surface area contributed by atoms with Crippen LogP contribution in [0, 0.1) is 0 Å². The first-order chi connectivity index (χ1) is 6.24. The van der Waals surface area contributed by atoms with Crippen molar-refractivity contribution in [3.63, 3.8) is 0 Å². The molecule has 0 saturated heterocycles. The van der Waals surface area contributed by atoms with E-state index in [9.17, 15) is 0 Å². The quantitative estimate of drug-likeness (QED) is 0.820. The van der Waals surface area contributed by atoms with Gasteiger partial charge in [0.1, 0.15) is 0 Å². The molecule has 0 aliphatic rings. The van der Waals surface area contributed by atoms with Gasteiger partial charge in [0.25, 0.3) is 0 Å². The molecule has 0 amide bonds. The predicted octanol–water partition coefficient (Wildman–Crippen LogP) is 3.40. The number of rotatable bonds is 2. The van der Waals surface area contributed by atoms with E-state index in [2.05, 4.69) is 52.4 Å². The van der Waals surface area contributed by atoms with Gasteiger partial charge in [0, 0.05) is 9.37 Å². The van der Waals surface area contributed by atoms with Crippen LogP contribution in [0.25, 0.3) is 0 Å². The summed E-state index contributed by atoms with van der Waals surface area (Å²) < 4.78 is 1.15. The van der Waals surface area contributed by atoms with Gasteiger partial charge in [0.15, 0.2) is 0 Å². The van der Waals surface area contributed by atoms with Gasteiger partial charge in [-0.15, -0.1) is 11.8 Å². The van der Waals surface area contributed by atoms with Crippen molar-refractivity contribution >= 4 is 27.7 Å². The minimum absolute atomic E-state index is 1.14. The van der Waals surface area contributed by atoms with E-state index in [1.165, 1.54) is 4.90 Å². The normalized spacial score (nSPS) is 8.92. The van der Waals surface area contributed by atoms with Crippen LogP contribution in [-0.4, -0.2) is 19.8 Å². The van der Waals surface area contributed by atoms with Crippen molar-refractivity contribution in [3.05, 3.63) is 28.7 Å². The second kappa shape index (κ2) is 8.60. The van der Waals surface area contributed by atoms with E-state index in [0.29, 0.717) is 0 Å². The van der Waals surface area contributed by atoms with Crippen molar-refractivity contribution in [1.82, 2.24) is 5.32 Å². The van der Waals surface area contributed by atoms with E-state index < -0.39 is 0 Å². The average molecular weight is 262 g/mol. The van der Waals surface area contributed by atoms with Gasteiger partial charge in [0.05, 0.1) is 0 Å². The van der Waals surface area contributed by atoms with Gasteiger partial charge in [-0.2, -0.15) is 0 Å². The van der Waals surface area contributed by atoms with Crippen LogP contribution in [0.2, 0.25) is 0 Å². The van der Waals surface area contributed by atoms with Crippen LogP contribution in [-0.2, 0) is 0 Å². The van der Waals surface area contributed by atoms with Crippen LogP contribution in [0.4, 0.5) is 0 Å².